The van der Waals surface area contributed by atoms with Crippen LogP contribution < -0.4 is 0 Å². The maximum absolute atomic E-state index is 11.5. The molecule has 0 N–H and O–H groups in total. The highest BCUT2D eigenvalue weighted by Crippen LogP contribution is 2.07. The molecule has 4 nitrogen and oxygen atoms in total. The molecule has 1 atom stereocenters. The second-order valence-electron chi connectivity index (χ2n) is 3.30. The lowest BCUT2D eigenvalue weighted by Gasteiger charge is -2.09. The van der Waals surface area contributed by atoms with Gasteiger partial charge in [0.15, 0.2) is 6.10 Å². The zero-order valence-electron chi connectivity index (χ0n) is 8.46. The molecule has 0 saturated carbocycles. The van der Waals surface area contributed by atoms with Crippen molar-refractivity contribution in [2.24, 2.45) is 0 Å². The molecule has 16 heavy (non-hydrogen) atoms. The fourth-order valence-electron chi connectivity index (χ4n) is 1.32. The van der Waals surface area contributed by atoms with E-state index in [-0.39, 0.29) is 6.61 Å². The number of benzene rings is 1. The van der Waals surface area contributed by atoms with Crippen LogP contribution in [0, 0.1) is 0 Å². The van der Waals surface area contributed by atoms with Crippen molar-refractivity contribution in [1.82, 2.24) is 0 Å². The lowest BCUT2D eigenvalue weighted by Crippen LogP contribution is -2.18. The Morgan fingerprint density at radius 3 is 2.69 bits per heavy atom. The number of carbonyl (C=O) groups excluding carboxylic acids is 2. The molecule has 0 radical (unpaired) electrons. The van der Waals surface area contributed by atoms with Gasteiger partial charge in [0.1, 0.15) is 6.61 Å². The Morgan fingerprint density at radius 2 is 2.06 bits per heavy atom. The molecule has 0 bridgehead atoms. The minimum Gasteiger partial charge on any atom is -0.458 e. The number of rotatable bonds is 3. The molecule has 0 fully saturated rings. The average molecular weight is 218 g/mol. The Kier molecular flexibility index (Phi) is 3.00. The van der Waals surface area contributed by atoms with E-state index >= 15 is 0 Å². The SMILES string of the molecule is O=C1C=C[C@H](COC(=O)c2ccccc2)O1. The van der Waals surface area contributed by atoms with Crippen LogP contribution in [0.25, 0.3) is 0 Å². The molecule has 0 amide bonds. The van der Waals surface area contributed by atoms with Gasteiger partial charge in [-0.25, -0.2) is 9.59 Å². The molecule has 0 spiro atoms. The second kappa shape index (κ2) is 4.61. The largest absolute Gasteiger partial charge is 0.458 e. The molecule has 0 saturated heterocycles. The van der Waals surface area contributed by atoms with Gasteiger partial charge in [0.05, 0.1) is 5.56 Å². The molecule has 0 aliphatic carbocycles. The van der Waals surface area contributed by atoms with Crippen molar-refractivity contribution in [2.45, 2.75) is 6.10 Å². The minimum absolute atomic E-state index is 0.0516. The van der Waals surface area contributed by atoms with Gasteiger partial charge in [0.2, 0.25) is 0 Å². The van der Waals surface area contributed by atoms with Crippen molar-refractivity contribution in [3.63, 3.8) is 0 Å². The Bertz CT molecular complexity index is 422. The van der Waals surface area contributed by atoms with Crippen LogP contribution >= 0.6 is 0 Å². The van der Waals surface area contributed by atoms with Gasteiger partial charge in [-0.05, 0) is 18.2 Å². The van der Waals surface area contributed by atoms with Crippen LogP contribution in [0.3, 0.4) is 0 Å². The molecule has 82 valence electrons. The zero-order chi connectivity index (χ0) is 11.4. The molecule has 0 aromatic heterocycles. The topological polar surface area (TPSA) is 52.6 Å². The van der Waals surface area contributed by atoms with E-state index in [0.717, 1.165) is 0 Å². The van der Waals surface area contributed by atoms with E-state index in [2.05, 4.69) is 0 Å². The quantitative estimate of drug-likeness (QED) is 0.718. The number of carbonyl (C=O) groups is 2. The number of hydrogen-bond donors (Lipinski definition) is 0. The molecular weight excluding hydrogens is 208 g/mol. The van der Waals surface area contributed by atoms with Crippen LogP contribution in [-0.4, -0.2) is 24.6 Å². The summed E-state index contributed by atoms with van der Waals surface area (Å²) in [6.07, 6.45) is 2.43. The highest BCUT2D eigenvalue weighted by atomic mass is 16.6. The van der Waals surface area contributed by atoms with Crippen molar-refractivity contribution in [1.29, 1.82) is 0 Å². The molecule has 1 aliphatic rings. The summed E-state index contributed by atoms with van der Waals surface area (Å²) in [4.78, 5) is 22.2. The number of cyclic esters (lactones) is 1. The first-order chi connectivity index (χ1) is 7.75. The van der Waals surface area contributed by atoms with Crippen LogP contribution in [-0.2, 0) is 14.3 Å². The molecule has 1 aliphatic heterocycles. The number of ether oxygens (including phenoxy) is 2. The zero-order valence-corrected chi connectivity index (χ0v) is 8.46. The van der Waals surface area contributed by atoms with Crippen molar-refractivity contribution in [3.8, 4) is 0 Å². The number of hydrogen-bond acceptors (Lipinski definition) is 4. The molecule has 2 rings (SSSR count). The average Bonchev–Trinajstić information content (AvgIpc) is 2.73. The lowest BCUT2D eigenvalue weighted by molar-refractivity contribution is -0.140. The standard InChI is InChI=1S/C12H10O4/c13-11-7-6-10(16-11)8-15-12(14)9-4-2-1-3-5-9/h1-7,10H,8H2/t10-/m1/s1. The van der Waals surface area contributed by atoms with Gasteiger partial charge in [-0.15, -0.1) is 0 Å². The summed E-state index contributed by atoms with van der Waals surface area (Å²) >= 11 is 0. The molecule has 1 aromatic rings. The van der Waals surface area contributed by atoms with Gasteiger partial charge in [0, 0.05) is 6.08 Å². The van der Waals surface area contributed by atoms with Gasteiger partial charge in [-0.1, -0.05) is 18.2 Å². The van der Waals surface area contributed by atoms with Crippen LogP contribution in [0.2, 0.25) is 0 Å². The Morgan fingerprint density at radius 1 is 1.31 bits per heavy atom. The molecule has 1 aromatic carbocycles. The van der Waals surface area contributed by atoms with Gasteiger partial charge in [0.25, 0.3) is 0 Å². The summed E-state index contributed by atoms with van der Waals surface area (Å²) in [5, 5.41) is 0. The molecule has 0 unspecified atom stereocenters. The predicted octanol–water partition coefficient (Wildman–Crippen LogP) is 1.32. The third-order valence-electron chi connectivity index (χ3n) is 2.10. The van der Waals surface area contributed by atoms with Crippen molar-refractivity contribution < 1.29 is 19.1 Å². The summed E-state index contributed by atoms with van der Waals surface area (Å²) in [7, 11) is 0. The smallest absolute Gasteiger partial charge is 0.338 e. The maximum Gasteiger partial charge on any atom is 0.338 e. The monoisotopic (exact) mass is 218 g/mol. The Labute approximate surface area is 92.5 Å². The van der Waals surface area contributed by atoms with Crippen LogP contribution in [0.1, 0.15) is 10.4 Å². The first-order valence-corrected chi connectivity index (χ1v) is 4.87. The molecule has 1 heterocycles. The fraction of sp³-hybridized carbons (Fsp3) is 0.167. The maximum atomic E-state index is 11.5. The summed E-state index contributed by atoms with van der Waals surface area (Å²) in [6, 6.07) is 8.66. The van der Waals surface area contributed by atoms with E-state index in [1.807, 2.05) is 6.07 Å². The fourth-order valence-corrected chi connectivity index (χ4v) is 1.32. The van der Waals surface area contributed by atoms with E-state index in [4.69, 9.17) is 9.47 Å². The molecule has 4 heteroatoms. The highest BCUT2D eigenvalue weighted by molar-refractivity contribution is 5.89. The van der Waals surface area contributed by atoms with Crippen LogP contribution in [0.15, 0.2) is 42.5 Å². The predicted molar refractivity (Wildman–Crippen MR) is 55.7 cm³/mol. The van der Waals surface area contributed by atoms with Gasteiger partial charge in [-0.3, -0.25) is 0 Å². The van der Waals surface area contributed by atoms with E-state index in [9.17, 15) is 9.59 Å². The highest BCUT2D eigenvalue weighted by Gasteiger charge is 2.18. The van der Waals surface area contributed by atoms with Crippen LogP contribution in [0.4, 0.5) is 0 Å². The van der Waals surface area contributed by atoms with Crippen molar-refractivity contribution in [3.05, 3.63) is 48.0 Å². The van der Waals surface area contributed by atoms with E-state index in [1.54, 1.807) is 30.3 Å². The van der Waals surface area contributed by atoms with Crippen molar-refractivity contribution >= 4 is 11.9 Å². The third kappa shape index (κ3) is 2.48. The minimum atomic E-state index is -0.458. The van der Waals surface area contributed by atoms with Gasteiger partial charge < -0.3 is 9.47 Å². The summed E-state index contributed by atoms with van der Waals surface area (Å²) in [6.45, 7) is 0.0516. The Balaban J connectivity index is 1.85. The summed E-state index contributed by atoms with van der Waals surface area (Å²) in [5.41, 5.74) is 0.482. The Hall–Kier alpha value is -2.10. The van der Waals surface area contributed by atoms with E-state index in [0.29, 0.717) is 5.56 Å². The summed E-state index contributed by atoms with van der Waals surface area (Å²) < 4.78 is 9.81. The van der Waals surface area contributed by atoms with Crippen LogP contribution in [0.5, 0.6) is 0 Å². The number of esters is 2. The van der Waals surface area contributed by atoms with Gasteiger partial charge in [-0.2, -0.15) is 0 Å². The second-order valence-corrected chi connectivity index (χ2v) is 3.30. The van der Waals surface area contributed by atoms with E-state index < -0.39 is 18.0 Å². The lowest BCUT2D eigenvalue weighted by atomic mass is 10.2. The normalized spacial score (nSPS) is 18.2. The third-order valence-corrected chi connectivity index (χ3v) is 2.10. The first kappa shape index (κ1) is 10.4. The first-order valence-electron chi connectivity index (χ1n) is 4.87. The summed E-state index contributed by atoms with van der Waals surface area (Å²) in [5.74, 6) is -0.822. The van der Waals surface area contributed by atoms with Crippen molar-refractivity contribution in [2.75, 3.05) is 6.61 Å². The van der Waals surface area contributed by atoms with Gasteiger partial charge >= 0.3 is 11.9 Å². The van der Waals surface area contributed by atoms with E-state index in [1.165, 1.54) is 6.08 Å². The molecular formula is C12H10O4.